The summed E-state index contributed by atoms with van der Waals surface area (Å²) >= 11 is 0. The van der Waals surface area contributed by atoms with Gasteiger partial charge in [0.25, 0.3) is 0 Å². The number of carbonyl (C=O) groups excluding carboxylic acids is 1. The van der Waals surface area contributed by atoms with Crippen LogP contribution in [0.1, 0.15) is 40.7 Å². The molecule has 0 aliphatic heterocycles. The van der Waals surface area contributed by atoms with E-state index in [1.54, 1.807) is 25.2 Å². The molecule has 0 bridgehead atoms. The summed E-state index contributed by atoms with van der Waals surface area (Å²) in [4.78, 5) is 12.6. The molecule has 2 aliphatic carbocycles. The van der Waals surface area contributed by atoms with Crippen molar-refractivity contribution in [2.45, 2.75) is 25.4 Å². The number of benzene rings is 1. The first-order chi connectivity index (χ1) is 10.4. The largest absolute Gasteiger partial charge is 0.412 e. The predicted octanol–water partition coefficient (Wildman–Crippen LogP) is 3.55. The maximum atomic E-state index is 13.3. The highest BCUT2D eigenvalue weighted by Gasteiger charge is 2.46. The zero-order valence-electron chi connectivity index (χ0n) is 12.0. The maximum Gasteiger partial charge on any atom is 0.412 e. The van der Waals surface area contributed by atoms with Crippen molar-refractivity contribution in [2.24, 2.45) is 11.0 Å². The Bertz CT molecular complexity index is 689. The van der Waals surface area contributed by atoms with Crippen molar-refractivity contribution in [2.75, 3.05) is 7.05 Å². The van der Waals surface area contributed by atoms with Gasteiger partial charge in [-0.25, -0.2) is 0 Å². The zero-order valence-corrected chi connectivity index (χ0v) is 12.0. The monoisotopic (exact) mass is 308 g/mol. The number of Topliss-reactive ketones (excluding diaryl/α,β-unsaturated/α-hetero) is 1. The fourth-order valence-corrected chi connectivity index (χ4v) is 3.36. The number of halogens is 3. The van der Waals surface area contributed by atoms with Crippen LogP contribution in [0.4, 0.5) is 13.2 Å². The summed E-state index contributed by atoms with van der Waals surface area (Å²) in [5.41, 5.74) is 3.56. The topological polar surface area (TPSA) is 41.5 Å². The normalized spacial score (nSPS) is 21.3. The molecule has 1 N–H and O–H groups in total. The van der Waals surface area contributed by atoms with Gasteiger partial charge in [0.15, 0.2) is 5.78 Å². The molecule has 0 amide bonds. The Morgan fingerprint density at radius 2 is 2.14 bits per heavy atom. The summed E-state index contributed by atoms with van der Waals surface area (Å²) in [7, 11) is 1.62. The number of hydrogen-bond donors (Lipinski definition) is 1. The Hall–Kier alpha value is -2.11. The number of nitrogens with one attached hydrogen (secondary N) is 1. The van der Waals surface area contributed by atoms with Gasteiger partial charge in [0.05, 0.1) is 6.21 Å². The molecule has 1 atom stereocenters. The molecule has 0 spiro atoms. The lowest BCUT2D eigenvalue weighted by atomic mass is 9.82. The van der Waals surface area contributed by atoms with Gasteiger partial charge in [-0.15, -0.1) is 0 Å². The Labute approximate surface area is 125 Å². The predicted molar refractivity (Wildman–Crippen MR) is 77.7 cm³/mol. The van der Waals surface area contributed by atoms with E-state index in [2.05, 4.69) is 10.5 Å². The number of alkyl halides is 3. The second-order valence-corrected chi connectivity index (χ2v) is 5.45. The van der Waals surface area contributed by atoms with Crippen LogP contribution in [0.5, 0.6) is 0 Å². The van der Waals surface area contributed by atoms with E-state index < -0.39 is 17.7 Å². The average Bonchev–Trinajstić information content (AvgIpc) is 2.78. The first kappa shape index (κ1) is 14.8. The lowest BCUT2D eigenvalue weighted by Crippen LogP contribution is -2.21. The van der Waals surface area contributed by atoms with Gasteiger partial charge in [-0.3, -0.25) is 4.79 Å². The van der Waals surface area contributed by atoms with E-state index >= 15 is 0 Å². The standard InChI is InChI=1S/C16H15F3N2O/c1-20-21-8-9-4-2-5-10-13(9)15(22)11-6-3-7-12(14(10)11)16(17,18)19/h2,4-5,8,11,20H,3,6-7H2,1H3/b21-8-. The third kappa shape index (κ3) is 2.23. The molecule has 3 nitrogen and oxygen atoms in total. The van der Waals surface area contributed by atoms with E-state index in [9.17, 15) is 18.0 Å². The molecule has 0 heterocycles. The molecule has 1 unspecified atom stereocenters. The molecular weight excluding hydrogens is 293 g/mol. The third-order valence-electron chi connectivity index (χ3n) is 4.22. The Balaban J connectivity index is 2.24. The van der Waals surface area contributed by atoms with Crippen molar-refractivity contribution in [3.8, 4) is 0 Å². The van der Waals surface area contributed by atoms with Crippen molar-refractivity contribution >= 4 is 17.6 Å². The first-order valence-electron chi connectivity index (χ1n) is 7.12. The summed E-state index contributed by atoms with van der Waals surface area (Å²) in [6, 6.07) is 4.97. The van der Waals surface area contributed by atoms with E-state index in [0.717, 1.165) is 0 Å². The second kappa shape index (κ2) is 5.26. The molecule has 0 saturated heterocycles. The minimum Gasteiger partial charge on any atom is -0.313 e. The van der Waals surface area contributed by atoms with E-state index in [4.69, 9.17) is 0 Å². The van der Waals surface area contributed by atoms with Gasteiger partial charge in [-0.05, 0) is 30.4 Å². The van der Waals surface area contributed by atoms with Crippen LogP contribution in [-0.2, 0) is 0 Å². The number of hydrazone groups is 1. The van der Waals surface area contributed by atoms with Crippen molar-refractivity contribution in [1.29, 1.82) is 0 Å². The highest BCUT2D eigenvalue weighted by molar-refractivity contribution is 6.18. The van der Waals surface area contributed by atoms with Gasteiger partial charge in [0.1, 0.15) is 0 Å². The van der Waals surface area contributed by atoms with E-state index in [1.165, 1.54) is 6.21 Å². The average molecular weight is 308 g/mol. The fraction of sp³-hybridized carbons (Fsp3) is 0.375. The van der Waals surface area contributed by atoms with Crippen molar-refractivity contribution in [1.82, 2.24) is 5.43 Å². The summed E-state index contributed by atoms with van der Waals surface area (Å²) < 4.78 is 39.9. The molecule has 0 saturated carbocycles. The number of hydrogen-bond acceptors (Lipinski definition) is 3. The van der Waals surface area contributed by atoms with Gasteiger partial charge in [0.2, 0.25) is 0 Å². The number of rotatable bonds is 2. The summed E-state index contributed by atoms with van der Waals surface area (Å²) in [5.74, 6) is -0.880. The molecule has 3 rings (SSSR count). The van der Waals surface area contributed by atoms with Crippen LogP contribution in [0.3, 0.4) is 0 Å². The van der Waals surface area contributed by atoms with Crippen LogP contribution in [0.2, 0.25) is 0 Å². The molecule has 0 radical (unpaired) electrons. The highest BCUT2D eigenvalue weighted by Crippen LogP contribution is 2.50. The number of fused-ring (bicyclic) bond motifs is 3. The van der Waals surface area contributed by atoms with E-state index in [-0.39, 0.29) is 17.8 Å². The van der Waals surface area contributed by atoms with Crippen LogP contribution in [0.15, 0.2) is 28.9 Å². The summed E-state index contributed by atoms with van der Waals surface area (Å²) in [6.07, 6.45) is -2.06. The van der Waals surface area contributed by atoms with Gasteiger partial charge >= 0.3 is 6.18 Å². The molecule has 6 heteroatoms. The van der Waals surface area contributed by atoms with Gasteiger partial charge in [0, 0.05) is 29.7 Å². The first-order valence-corrected chi connectivity index (χ1v) is 7.12. The third-order valence-corrected chi connectivity index (χ3v) is 4.22. The lowest BCUT2D eigenvalue weighted by Gasteiger charge is -2.24. The SMILES string of the molecule is CN/N=C\c1cccc2c1C(=O)C1CCCC(C(F)(F)F)=C21. The number of allylic oxidation sites excluding steroid dienone is 2. The number of carbonyl (C=O) groups is 1. The van der Waals surface area contributed by atoms with E-state index in [1.807, 2.05) is 0 Å². The second-order valence-electron chi connectivity index (χ2n) is 5.45. The minimum atomic E-state index is -4.38. The Kier molecular flexibility index (Phi) is 3.54. The van der Waals surface area contributed by atoms with Gasteiger partial charge in [-0.2, -0.15) is 18.3 Å². The van der Waals surface area contributed by atoms with Gasteiger partial charge in [-0.1, -0.05) is 18.2 Å². The molecule has 2 aliphatic rings. The molecule has 0 aromatic heterocycles. The number of nitrogens with zero attached hydrogens (tertiary/aromatic N) is 1. The molecule has 0 fully saturated rings. The zero-order chi connectivity index (χ0) is 15.9. The smallest absolute Gasteiger partial charge is 0.313 e. The molecule has 22 heavy (non-hydrogen) atoms. The Morgan fingerprint density at radius 1 is 1.36 bits per heavy atom. The molecule has 116 valence electrons. The van der Waals surface area contributed by atoms with Gasteiger partial charge < -0.3 is 5.43 Å². The number of ketones is 1. The maximum absolute atomic E-state index is 13.3. The highest BCUT2D eigenvalue weighted by atomic mass is 19.4. The quantitative estimate of drug-likeness (QED) is 0.670. The van der Waals surface area contributed by atoms with Crippen LogP contribution >= 0.6 is 0 Å². The van der Waals surface area contributed by atoms with Crippen molar-refractivity contribution in [3.63, 3.8) is 0 Å². The summed E-state index contributed by atoms with van der Waals surface area (Å²) in [5, 5.41) is 3.87. The van der Waals surface area contributed by atoms with Crippen LogP contribution in [0, 0.1) is 5.92 Å². The molecule has 1 aromatic rings. The van der Waals surface area contributed by atoms with Crippen molar-refractivity contribution < 1.29 is 18.0 Å². The fourth-order valence-electron chi connectivity index (χ4n) is 3.36. The summed E-state index contributed by atoms with van der Waals surface area (Å²) in [6.45, 7) is 0. The van der Waals surface area contributed by atoms with Crippen molar-refractivity contribution in [3.05, 3.63) is 40.5 Å². The molecule has 1 aromatic carbocycles. The molecular formula is C16H15F3N2O. The lowest BCUT2D eigenvalue weighted by molar-refractivity contribution is -0.0944. The van der Waals surface area contributed by atoms with Crippen LogP contribution in [0.25, 0.3) is 5.57 Å². The van der Waals surface area contributed by atoms with Crippen LogP contribution < -0.4 is 5.43 Å². The minimum absolute atomic E-state index is 0.0170. The van der Waals surface area contributed by atoms with E-state index in [0.29, 0.717) is 29.5 Å². The Morgan fingerprint density at radius 3 is 2.82 bits per heavy atom. The van der Waals surface area contributed by atoms with Crippen LogP contribution in [-0.4, -0.2) is 25.2 Å².